The number of hydrogen-bond acceptors (Lipinski definition) is 3. The first-order valence-electron chi connectivity index (χ1n) is 6.45. The zero-order valence-corrected chi connectivity index (χ0v) is 12.0. The molecule has 0 aliphatic rings. The first-order chi connectivity index (χ1) is 9.63. The van der Waals surface area contributed by atoms with Gasteiger partial charge in [0.25, 0.3) is 0 Å². The van der Waals surface area contributed by atoms with Crippen molar-refractivity contribution in [2.75, 3.05) is 14.2 Å². The Balaban J connectivity index is 2.17. The van der Waals surface area contributed by atoms with Crippen molar-refractivity contribution in [1.82, 2.24) is 0 Å². The molecule has 0 amide bonds. The first kappa shape index (κ1) is 14.1. The van der Waals surface area contributed by atoms with E-state index in [1.807, 2.05) is 43.3 Å². The average molecular weight is 270 g/mol. The Morgan fingerprint density at radius 2 is 1.85 bits per heavy atom. The van der Waals surface area contributed by atoms with Crippen molar-refractivity contribution in [2.24, 2.45) is 0 Å². The predicted octanol–water partition coefficient (Wildman–Crippen LogP) is 3.44. The summed E-state index contributed by atoms with van der Waals surface area (Å²) in [6, 6.07) is 13.1. The Kier molecular flexibility index (Phi) is 4.41. The van der Waals surface area contributed by atoms with Crippen molar-refractivity contribution >= 4 is 5.78 Å². The summed E-state index contributed by atoms with van der Waals surface area (Å²) in [4.78, 5) is 12.3. The van der Waals surface area contributed by atoms with Crippen LogP contribution in [0.25, 0.3) is 0 Å². The zero-order chi connectivity index (χ0) is 14.5. The van der Waals surface area contributed by atoms with E-state index in [0.29, 0.717) is 12.0 Å². The molecule has 2 rings (SSSR count). The molecule has 0 N–H and O–H groups in total. The summed E-state index contributed by atoms with van der Waals surface area (Å²) in [6.07, 6.45) is 0.364. The Morgan fingerprint density at radius 3 is 2.50 bits per heavy atom. The minimum atomic E-state index is 0.0870. The van der Waals surface area contributed by atoms with Gasteiger partial charge in [-0.1, -0.05) is 12.1 Å². The van der Waals surface area contributed by atoms with Gasteiger partial charge in [-0.3, -0.25) is 4.79 Å². The van der Waals surface area contributed by atoms with E-state index < -0.39 is 0 Å². The summed E-state index contributed by atoms with van der Waals surface area (Å²) >= 11 is 0. The SMILES string of the molecule is COc1cccc(CC(=O)c2ccc(OC)c(C)c2)c1. The van der Waals surface area contributed by atoms with E-state index in [1.54, 1.807) is 20.3 Å². The third-order valence-corrected chi connectivity index (χ3v) is 3.22. The van der Waals surface area contributed by atoms with Gasteiger partial charge in [0.05, 0.1) is 14.2 Å². The zero-order valence-electron chi connectivity index (χ0n) is 12.0. The smallest absolute Gasteiger partial charge is 0.167 e. The minimum absolute atomic E-state index is 0.0870. The summed E-state index contributed by atoms with van der Waals surface area (Å²) in [5.41, 5.74) is 2.61. The Labute approximate surface area is 119 Å². The fourth-order valence-electron chi connectivity index (χ4n) is 2.12. The molecule has 0 spiro atoms. The highest BCUT2D eigenvalue weighted by Crippen LogP contribution is 2.20. The molecule has 0 aliphatic heterocycles. The van der Waals surface area contributed by atoms with Crippen LogP contribution in [0.2, 0.25) is 0 Å². The molecule has 0 saturated carbocycles. The van der Waals surface area contributed by atoms with Crippen LogP contribution in [0, 0.1) is 6.92 Å². The van der Waals surface area contributed by atoms with Crippen molar-refractivity contribution in [3.63, 3.8) is 0 Å². The molecule has 0 unspecified atom stereocenters. The van der Waals surface area contributed by atoms with Crippen LogP contribution in [-0.2, 0) is 6.42 Å². The van der Waals surface area contributed by atoms with E-state index in [9.17, 15) is 4.79 Å². The number of benzene rings is 2. The van der Waals surface area contributed by atoms with Crippen LogP contribution in [0.5, 0.6) is 11.5 Å². The highest BCUT2D eigenvalue weighted by atomic mass is 16.5. The summed E-state index contributed by atoms with van der Waals surface area (Å²) in [5.74, 6) is 1.65. The predicted molar refractivity (Wildman–Crippen MR) is 78.8 cm³/mol. The maximum absolute atomic E-state index is 12.3. The molecule has 0 atom stereocenters. The van der Waals surface area contributed by atoms with Crippen LogP contribution in [0.4, 0.5) is 0 Å². The van der Waals surface area contributed by atoms with Gasteiger partial charge < -0.3 is 9.47 Å². The highest BCUT2D eigenvalue weighted by Gasteiger charge is 2.09. The molecule has 0 aromatic heterocycles. The number of hydrogen-bond donors (Lipinski definition) is 0. The number of rotatable bonds is 5. The molecule has 0 heterocycles. The molecule has 0 aliphatic carbocycles. The molecule has 3 nitrogen and oxygen atoms in total. The average Bonchev–Trinajstić information content (AvgIpc) is 2.47. The molecule has 2 aromatic carbocycles. The molecule has 0 saturated heterocycles. The molecule has 0 bridgehead atoms. The van der Waals surface area contributed by atoms with Crippen molar-refractivity contribution in [3.05, 3.63) is 59.2 Å². The lowest BCUT2D eigenvalue weighted by molar-refractivity contribution is 0.0993. The number of Topliss-reactive ketones (excluding diaryl/α,β-unsaturated/α-hetero) is 1. The van der Waals surface area contributed by atoms with Gasteiger partial charge in [0.2, 0.25) is 0 Å². The van der Waals surface area contributed by atoms with Gasteiger partial charge in [-0.25, -0.2) is 0 Å². The second-order valence-corrected chi connectivity index (χ2v) is 4.64. The van der Waals surface area contributed by atoms with Gasteiger partial charge in [-0.2, -0.15) is 0 Å². The van der Waals surface area contributed by atoms with Crippen LogP contribution in [0.15, 0.2) is 42.5 Å². The molecule has 0 fully saturated rings. The monoisotopic (exact) mass is 270 g/mol. The van der Waals surface area contributed by atoms with Crippen molar-refractivity contribution in [1.29, 1.82) is 0 Å². The molecule has 104 valence electrons. The van der Waals surface area contributed by atoms with Gasteiger partial charge in [-0.05, 0) is 48.4 Å². The lowest BCUT2D eigenvalue weighted by atomic mass is 10.0. The van der Waals surface area contributed by atoms with Gasteiger partial charge in [0.15, 0.2) is 5.78 Å². The van der Waals surface area contributed by atoms with E-state index in [0.717, 1.165) is 22.6 Å². The van der Waals surface area contributed by atoms with Gasteiger partial charge in [0, 0.05) is 12.0 Å². The van der Waals surface area contributed by atoms with E-state index in [4.69, 9.17) is 9.47 Å². The number of carbonyl (C=O) groups is 1. The van der Waals surface area contributed by atoms with Crippen LogP contribution >= 0.6 is 0 Å². The fraction of sp³-hybridized carbons (Fsp3) is 0.235. The number of ketones is 1. The highest BCUT2D eigenvalue weighted by molar-refractivity contribution is 5.97. The number of ether oxygens (including phenoxy) is 2. The van der Waals surface area contributed by atoms with Gasteiger partial charge in [-0.15, -0.1) is 0 Å². The molecular weight excluding hydrogens is 252 g/mol. The van der Waals surface area contributed by atoms with Crippen LogP contribution in [-0.4, -0.2) is 20.0 Å². The topological polar surface area (TPSA) is 35.5 Å². The normalized spacial score (nSPS) is 10.2. The first-order valence-corrected chi connectivity index (χ1v) is 6.45. The second-order valence-electron chi connectivity index (χ2n) is 4.64. The second kappa shape index (κ2) is 6.24. The van der Waals surface area contributed by atoms with Crippen molar-refractivity contribution in [2.45, 2.75) is 13.3 Å². The van der Waals surface area contributed by atoms with Gasteiger partial charge >= 0.3 is 0 Å². The lowest BCUT2D eigenvalue weighted by Gasteiger charge is -2.07. The van der Waals surface area contributed by atoms with Crippen LogP contribution in [0.1, 0.15) is 21.5 Å². The van der Waals surface area contributed by atoms with Crippen molar-refractivity contribution in [3.8, 4) is 11.5 Å². The molecule has 3 heteroatoms. The third kappa shape index (κ3) is 3.18. The van der Waals surface area contributed by atoms with Crippen LogP contribution in [0.3, 0.4) is 0 Å². The third-order valence-electron chi connectivity index (χ3n) is 3.22. The Bertz CT molecular complexity index is 617. The molecular formula is C17H18O3. The largest absolute Gasteiger partial charge is 0.497 e. The quantitative estimate of drug-likeness (QED) is 0.781. The minimum Gasteiger partial charge on any atom is -0.497 e. The summed E-state index contributed by atoms with van der Waals surface area (Å²) in [7, 11) is 3.24. The summed E-state index contributed by atoms with van der Waals surface area (Å²) in [6.45, 7) is 1.93. The lowest BCUT2D eigenvalue weighted by Crippen LogP contribution is -2.04. The molecule has 2 aromatic rings. The maximum atomic E-state index is 12.3. The Hall–Kier alpha value is -2.29. The number of aryl methyl sites for hydroxylation is 1. The van der Waals surface area contributed by atoms with E-state index >= 15 is 0 Å². The maximum Gasteiger partial charge on any atom is 0.167 e. The fourth-order valence-corrected chi connectivity index (χ4v) is 2.12. The summed E-state index contributed by atoms with van der Waals surface area (Å²) in [5, 5.41) is 0. The molecule has 0 radical (unpaired) electrons. The summed E-state index contributed by atoms with van der Waals surface area (Å²) < 4.78 is 10.4. The van der Waals surface area contributed by atoms with Crippen molar-refractivity contribution < 1.29 is 14.3 Å². The Morgan fingerprint density at radius 1 is 1.05 bits per heavy atom. The van der Waals surface area contributed by atoms with Gasteiger partial charge in [0.1, 0.15) is 11.5 Å². The standard InChI is InChI=1S/C17H18O3/c1-12-9-14(7-8-17(12)20-3)16(18)11-13-5-4-6-15(10-13)19-2/h4-10H,11H2,1-3H3. The van der Waals surface area contributed by atoms with E-state index in [1.165, 1.54) is 0 Å². The van der Waals surface area contributed by atoms with Crippen LogP contribution < -0.4 is 9.47 Å². The number of carbonyl (C=O) groups excluding carboxylic acids is 1. The molecule has 20 heavy (non-hydrogen) atoms. The number of methoxy groups -OCH3 is 2. The van der Waals surface area contributed by atoms with E-state index in [-0.39, 0.29) is 5.78 Å². The van der Waals surface area contributed by atoms with E-state index in [2.05, 4.69) is 0 Å².